The molecule has 2 aromatic rings. The van der Waals surface area contributed by atoms with Crippen LogP contribution in [0.15, 0.2) is 42.5 Å². The lowest BCUT2D eigenvalue weighted by Crippen LogP contribution is -2.59. The predicted molar refractivity (Wildman–Crippen MR) is 149 cm³/mol. The minimum atomic E-state index is -1.17. The van der Waals surface area contributed by atoms with Crippen LogP contribution >= 0.6 is 0 Å². The lowest BCUT2D eigenvalue weighted by molar-refractivity contribution is -0.142. The molecule has 2 amide bonds. The number of hydrogen-bond donors (Lipinski definition) is 3. The number of nitrogens with one attached hydrogen (secondary N) is 2. The van der Waals surface area contributed by atoms with Gasteiger partial charge >= 0.3 is 0 Å². The number of aliphatic hydroxyl groups is 1. The van der Waals surface area contributed by atoms with Gasteiger partial charge in [-0.1, -0.05) is 52.0 Å². The fourth-order valence-electron chi connectivity index (χ4n) is 5.54. The molecule has 1 aliphatic heterocycles. The van der Waals surface area contributed by atoms with E-state index in [4.69, 9.17) is 0 Å². The van der Waals surface area contributed by atoms with E-state index in [-0.39, 0.29) is 30.2 Å². The number of rotatable bonds is 10. The highest BCUT2D eigenvalue weighted by Crippen LogP contribution is 2.40. The zero-order valence-corrected chi connectivity index (χ0v) is 23.8. The van der Waals surface area contributed by atoms with Gasteiger partial charge in [-0.2, -0.15) is 0 Å². The zero-order chi connectivity index (χ0) is 28.8. The van der Waals surface area contributed by atoms with Crippen LogP contribution in [0.1, 0.15) is 77.0 Å². The Morgan fingerprint density at radius 1 is 1.10 bits per heavy atom. The van der Waals surface area contributed by atoms with E-state index in [2.05, 4.69) is 49.6 Å². The van der Waals surface area contributed by atoms with Crippen molar-refractivity contribution in [1.29, 1.82) is 0 Å². The molecule has 8 heteroatoms. The highest BCUT2D eigenvalue weighted by atomic mass is 19.1. The van der Waals surface area contributed by atoms with E-state index in [1.165, 1.54) is 19.1 Å². The number of nitrogens with zero attached hydrogens (tertiary/aromatic N) is 1. The molecule has 2 aromatic carbocycles. The van der Waals surface area contributed by atoms with Crippen molar-refractivity contribution in [3.05, 3.63) is 70.8 Å². The molecule has 3 rings (SSSR count). The largest absolute Gasteiger partial charge is 0.389 e. The molecule has 1 heterocycles. The third-order valence-corrected chi connectivity index (χ3v) is 7.58. The topological polar surface area (TPSA) is 81.7 Å². The Kier molecular flexibility index (Phi) is 10.2. The van der Waals surface area contributed by atoms with Crippen LogP contribution in [0.3, 0.4) is 0 Å². The lowest BCUT2D eigenvalue weighted by atomic mass is 9.76. The minimum Gasteiger partial charge on any atom is -0.389 e. The van der Waals surface area contributed by atoms with Crippen molar-refractivity contribution in [1.82, 2.24) is 15.5 Å². The minimum absolute atomic E-state index is 0.0132. The van der Waals surface area contributed by atoms with Crippen molar-refractivity contribution in [3.63, 3.8) is 0 Å². The summed E-state index contributed by atoms with van der Waals surface area (Å²) in [6.07, 6.45) is 1.16. The van der Waals surface area contributed by atoms with Crippen LogP contribution < -0.4 is 10.6 Å². The van der Waals surface area contributed by atoms with Crippen LogP contribution in [0.25, 0.3) is 0 Å². The van der Waals surface area contributed by atoms with Crippen LogP contribution in [0.4, 0.5) is 8.78 Å². The van der Waals surface area contributed by atoms with Gasteiger partial charge in [-0.3, -0.25) is 9.59 Å². The molecule has 39 heavy (non-hydrogen) atoms. The quantitative estimate of drug-likeness (QED) is 0.410. The zero-order valence-electron chi connectivity index (χ0n) is 23.8. The summed E-state index contributed by atoms with van der Waals surface area (Å²) in [7, 11) is 0. The molecule has 6 nitrogen and oxygen atoms in total. The first kappa shape index (κ1) is 30.7. The molecule has 0 radical (unpaired) electrons. The fourth-order valence-corrected chi connectivity index (χ4v) is 5.54. The van der Waals surface area contributed by atoms with Gasteiger partial charge in [0.2, 0.25) is 11.8 Å². The Labute approximate surface area is 231 Å². The van der Waals surface area contributed by atoms with Gasteiger partial charge in [-0.15, -0.1) is 0 Å². The summed E-state index contributed by atoms with van der Waals surface area (Å²) in [5.41, 5.74) is 1.76. The van der Waals surface area contributed by atoms with E-state index < -0.39 is 29.3 Å². The van der Waals surface area contributed by atoms with Crippen LogP contribution in [0, 0.1) is 11.6 Å². The van der Waals surface area contributed by atoms with Gasteiger partial charge in [0.05, 0.1) is 17.7 Å². The van der Waals surface area contributed by atoms with Gasteiger partial charge in [0, 0.05) is 26.0 Å². The molecule has 1 fully saturated rings. The van der Waals surface area contributed by atoms with Crippen LogP contribution in [0.2, 0.25) is 0 Å². The number of benzene rings is 2. The first-order chi connectivity index (χ1) is 18.4. The highest BCUT2D eigenvalue weighted by Gasteiger charge is 2.43. The Morgan fingerprint density at radius 2 is 1.74 bits per heavy atom. The molecule has 0 spiro atoms. The van der Waals surface area contributed by atoms with Crippen LogP contribution in [0.5, 0.6) is 0 Å². The van der Waals surface area contributed by atoms with Crippen molar-refractivity contribution in [2.75, 3.05) is 19.6 Å². The number of piperidine rings is 1. The molecular formula is C31H43F2N3O3. The Hall–Kier alpha value is -2.84. The molecule has 0 unspecified atom stereocenters. The SMILES string of the molecule is CCCC(=O)N(C[C@@H](O)[C@H](Cc1cc(F)cc(F)c1)NC(C)=O)C1(c2cccc(C(C)(C)C)c2)CCNCC1. The molecule has 1 saturated heterocycles. The summed E-state index contributed by atoms with van der Waals surface area (Å²) >= 11 is 0. The summed E-state index contributed by atoms with van der Waals surface area (Å²) in [6, 6.07) is 10.7. The molecular weight excluding hydrogens is 500 g/mol. The van der Waals surface area contributed by atoms with Gasteiger partial charge in [0.25, 0.3) is 0 Å². The molecule has 0 saturated carbocycles. The van der Waals surface area contributed by atoms with Crippen molar-refractivity contribution >= 4 is 11.8 Å². The first-order valence-electron chi connectivity index (χ1n) is 13.9. The van der Waals surface area contributed by atoms with Crippen molar-refractivity contribution < 1.29 is 23.5 Å². The molecule has 0 bridgehead atoms. The smallest absolute Gasteiger partial charge is 0.223 e. The van der Waals surface area contributed by atoms with E-state index in [0.29, 0.717) is 44.3 Å². The van der Waals surface area contributed by atoms with Gasteiger partial charge in [0.1, 0.15) is 11.6 Å². The van der Waals surface area contributed by atoms with Gasteiger partial charge in [-0.05, 0) is 73.0 Å². The maximum Gasteiger partial charge on any atom is 0.223 e. The standard InChI is InChI=1S/C31H43F2N3O3/c1-6-8-29(39)36(20-28(38)27(35-21(2)37)17-22-15-25(32)19-26(33)16-22)31(11-13-34-14-12-31)24-10-7-9-23(18-24)30(3,4)5/h7,9-10,15-16,18-19,27-28,34,38H,6,8,11-14,17,20H2,1-5H3,(H,35,37)/t27-,28+/m0/s1. The summed E-state index contributed by atoms with van der Waals surface area (Å²) in [5, 5.41) is 17.6. The number of amides is 2. The number of hydrogen-bond acceptors (Lipinski definition) is 4. The molecule has 3 N–H and O–H groups in total. The summed E-state index contributed by atoms with van der Waals surface area (Å²) in [4.78, 5) is 27.6. The molecule has 0 aliphatic carbocycles. The van der Waals surface area contributed by atoms with Crippen molar-refractivity contribution in [3.8, 4) is 0 Å². The van der Waals surface area contributed by atoms with E-state index in [0.717, 1.165) is 17.2 Å². The Bertz CT molecular complexity index is 1120. The average molecular weight is 544 g/mol. The van der Waals surface area contributed by atoms with Crippen LogP contribution in [-0.2, 0) is 27.0 Å². The van der Waals surface area contributed by atoms with Gasteiger partial charge in [-0.25, -0.2) is 8.78 Å². The third kappa shape index (κ3) is 7.85. The second-order valence-corrected chi connectivity index (χ2v) is 11.7. The number of carbonyl (C=O) groups is 2. The normalized spacial score (nSPS) is 16.8. The highest BCUT2D eigenvalue weighted by molar-refractivity contribution is 5.77. The number of carbonyl (C=O) groups excluding carboxylic acids is 2. The molecule has 0 aromatic heterocycles. The predicted octanol–water partition coefficient (Wildman–Crippen LogP) is 4.58. The summed E-state index contributed by atoms with van der Waals surface area (Å²) in [6.45, 7) is 11.1. The summed E-state index contributed by atoms with van der Waals surface area (Å²) < 4.78 is 27.8. The third-order valence-electron chi connectivity index (χ3n) is 7.58. The molecule has 1 aliphatic rings. The Morgan fingerprint density at radius 3 is 2.31 bits per heavy atom. The lowest BCUT2D eigenvalue weighted by Gasteiger charge is -2.49. The van der Waals surface area contributed by atoms with Gasteiger partial charge < -0.3 is 20.6 Å². The maximum atomic E-state index is 13.9. The Balaban J connectivity index is 2.03. The second-order valence-electron chi connectivity index (χ2n) is 11.7. The molecule has 214 valence electrons. The fraction of sp³-hybridized carbons (Fsp3) is 0.548. The van der Waals surface area contributed by atoms with E-state index in [1.807, 2.05) is 13.0 Å². The van der Waals surface area contributed by atoms with E-state index in [9.17, 15) is 23.5 Å². The number of halogens is 2. The van der Waals surface area contributed by atoms with Crippen LogP contribution in [-0.4, -0.2) is 53.6 Å². The monoisotopic (exact) mass is 543 g/mol. The van der Waals surface area contributed by atoms with E-state index >= 15 is 0 Å². The second kappa shape index (κ2) is 13.0. The first-order valence-corrected chi connectivity index (χ1v) is 13.9. The van der Waals surface area contributed by atoms with E-state index in [1.54, 1.807) is 4.90 Å². The number of aliphatic hydroxyl groups excluding tert-OH is 1. The maximum absolute atomic E-state index is 13.9. The average Bonchev–Trinajstić information content (AvgIpc) is 2.86. The van der Waals surface area contributed by atoms with Crippen molar-refractivity contribution in [2.24, 2.45) is 0 Å². The van der Waals surface area contributed by atoms with Crippen molar-refractivity contribution in [2.45, 2.75) is 89.8 Å². The van der Waals surface area contributed by atoms with Gasteiger partial charge in [0.15, 0.2) is 0 Å². The summed E-state index contributed by atoms with van der Waals surface area (Å²) in [5.74, 6) is -1.91. The molecule has 2 atom stereocenters.